The molecule has 1 fully saturated rings. The van der Waals surface area contributed by atoms with Crippen molar-refractivity contribution in [1.29, 1.82) is 0 Å². The van der Waals surface area contributed by atoms with Crippen LogP contribution in [-0.2, 0) is 15.1 Å². The number of hydrogen-bond acceptors (Lipinski definition) is 3. The number of nitrogens with one attached hydrogen (secondary N) is 2. The normalized spacial score (nSPS) is 21.0. The summed E-state index contributed by atoms with van der Waals surface area (Å²) >= 11 is 0. The Morgan fingerprint density at radius 1 is 1.29 bits per heavy atom. The average molecular weight is 339 g/mol. The van der Waals surface area contributed by atoms with E-state index in [1.54, 1.807) is 20.8 Å². The second kappa shape index (κ2) is 5.85. The van der Waals surface area contributed by atoms with Crippen LogP contribution in [0.5, 0.6) is 0 Å². The highest BCUT2D eigenvalue weighted by atomic mass is 19.1. The first-order valence-corrected chi connectivity index (χ1v) is 7.35. The minimum Gasteiger partial charge on any atom is -0.350 e. The van der Waals surface area contributed by atoms with Crippen LogP contribution in [0.15, 0.2) is 18.2 Å². The molecule has 8 heteroatoms. The molecule has 6 nitrogen and oxygen atoms in total. The zero-order chi connectivity index (χ0) is 18.3. The number of rotatable bonds is 3. The number of amides is 4. The molecule has 2 rings (SSSR count). The van der Waals surface area contributed by atoms with Crippen molar-refractivity contribution in [2.45, 2.75) is 38.8 Å². The zero-order valence-electron chi connectivity index (χ0n) is 13.9. The lowest BCUT2D eigenvalue weighted by atomic mass is 9.91. The first-order valence-electron chi connectivity index (χ1n) is 7.35. The molecule has 1 heterocycles. The summed E-state index contributed by atoms with van der Waals surface area (Å²) in [6, 6.07) is 1.81. The fraction of sp³-hybridized carbons (Fsp3) is 0.438. The van der Waals surface area contributed by atoms with E-state index in [0.29, 0.717) is 4.90 Å². The van der Waals surface area contributed by atoms with Gasteiger partial charge in [-0.15, -0.1) is 0 Å². The quantitative estimate of drug-likeness (QED) is 0.822. The van der Waals surface area contributed by atoms with Gasteiger partial charge in [0.1, 0.15) is 23.7 Å². The minimum absolute atomic E-state index is 0.292. The second-order valence-electron chi connectivity index (χ2n) is 6.87. The van der Waals surface area contributed by atoms with E-state index in [2.05, 4.69) is 10.6 Å². The van der Waals surface area contributed by atoms with Crippen molar-refractivity contribution in [2.24, 2.45) is 0 Å². The number of carbonyl (C=O) groups excluding carboxylic acids is 3. The van der Waals surface area contributed by atoms with Crippen LogP contribution in [0.1, 0.15) is 33.3 Å². The Bertz CT molecular complexity index is 715. The molecule has 1 aliphatic rings. The predicted molar refractivity (Wildman–Crippen MR) is 81.9 cm³/mol. The van der Waals surface area contributed by atoms with Crippen LogP contribution in [0.2, 0.25) is 0 Å². The van der Waals surface area contributed by atoms with Crippen molar-refractivity contribution in [3.63, 3.8) is 0 Å². The van der Waals surface area contributed by atoms with Crippen LogP contribution in [-0.4, -0.2) is 34.8 Å². The molecule has 0 unspecified atom stereocenters. The summed E-state index contributed by atoms with van der Waals surface area (Å²) in [4.78, 5) is 37.3. The number of hydrogen-bond donors (Lipinski definition) is 2. The van der Waals surface area contributed by atoms with E-state index in [0.717, 1.165) is 18.2 Å². The number of carbonyl (C=O) groups is 3. The number of urea groups is 1. The number of halogens is 2. The second-order valence-corrected chi connectivity index (χ2v) is 6.87. The van der Waals surface area contributed by atoms with Gasteiger partial charge in [-0.3, -0.25) is 14.5 Å². The molecule has 4 amide bonds. The van der Waals surface area contributed by atoms with Crippen molar-refractivity contribution in [1.82, 2.24) is 15.5 Å². The smallest absolute Gasteiger partial charge is 0.325 e. The summed E-state index contributed by atoms with van der Waals surface area (Å²) in [5.41, 5.74) is -2.60. The highest BCUT2D eigenvalue weighted by Gasteiger charge is 2.50. The Morgan fingerprint density at radius 3 is 2.50 bits per heavy atom. The van der Waals surface area contributed by atoms with Gasteiger partial charge in [-0.2, -0.15) is 0 Å². The molecule has 2 N–H and O–H groups in total. The Morgan fingerprint density at radius 2 is 1.92 bits per heavy atom. The van der Waals surface area contributed by atoms with Crippen molar-refractivity contribution >= 4 is 17.8 Å². The van der Waals surface area contributed by atoms with Crippen LogP contribution >= 0.6 is 0 Å². The lowest BCUT2D eigenvalue weighted by Gasteiger charge is -2.24. The molecule has 0 aromatic heterocycles. The molecule has 1 aromatic carbocycles. The van der Waals surface area contributed by atoms with Gasteiger partial charge in [0.15, 0.2) is 0 Å². The van der Waals surface area contributed by atoms with E-state index in [1.165, 1.54) is 6.92 Å². The molecular weight excluding hydrogens is 320 g/mol. The molecule has 130 valence electrons. The van der Waals surface area contributed by atoms with E-state index >= 15 is 0 Å². The third-order valence-electron chi connectivity index (χ3n) is 3.56. The third-order valence-corrected chi connectivity index (χ3v) is 3.56. The topological polar surface area (TPSA) is 78.5 Å². The maximum atomic E-state index is 14.0. The largest absolute Gasteiger partial charge is 0.350 e. The summed E-state index contributed by atoms with van der Waals surface area (Å²) in [6.45, 7) is 6.02. The molecular formula is C16H19F2N3O3. The van der Waals surface area contributed by atoms with Crippen molar-refractivity contribution < 1.29 is 23.2 Å². The maximum absolute atomic E-state index is 14.0. The van der Waals surface area contributed by atoms with Gasteiger partial charge < -0.3 is 10.6 Å². The van der Waals surface area contributed by atoms with Crippen LogP contribution in [0.25, 0.3) is 0 Å². The maximum Gasteiger partial charge on any atom is 0.325 e. The Kier molecular flexibility index (Phi) is 4.34. The zero-order valence-corrected chi connectivity index (χ0v) is 13.9. The van der Waals surface area contributed by atoms with Crippen molar-refractivity contribution in [3.05, 3.63) is 35.4 Å². The van der Waals surface area contributed by atoms with Gasteiger partial charge in [0, 0.05) is 11.1 Å². The average Bonchev–Trinajstić information content (AvgIpc) is 2.64. The van der Waals surface area contributed by atoms with Gasteiger partial charge in [-0.1, -0.05) is 0 Å². The van der Waals surface area contributed by atoms with Crippen LogP contribution in [0.4, 0.5) is 13.6 Å². The number of nitrogens with zero attached hydrogens (tertiary/aromatic N) is 1. The summed E-state index contributed by atoms with van der Waals surface area (Å²) < 4.78 is 27.4. The summed E-state index contributed by atoms with van der Waals surface area (Å²) in [5, 5.41) is 4.96. The van der Waals surface area contributed by atoms with Crippen molar-refractivity contribution in [3.8, 4) is 0 Å². The Balaban J connectivity index is 2.28. The summed E-state index contributed by atoms with van der Waals surface area (Å²) in [5.74, 6) is -2.91. The Hall–Kier alpha value is -2.51. The van der Waals surface area contributed by atoms with Crippen molar-refractivity contribution in [2.75, 3.05) is 6.54 Å². The minimum atomic E-state index is -1.77. The lowest BCUT2D eigenvalue weighted by Crippen LogP contribution is -2.48. The SMILES string of the molecule is CC(C)(C)NC(=O)CN1C(=O)N[C@](C)(c2cc(F)ccc2F)C1=O. The number of benzene rings is 1. The monoisotopic (exact) mass is 339 g/mol. The van der Waals surface area contributed by atoms with Crippen LogP contribution in [0, 0.1) is 11.6 Å². The molecule has 0 aliphatic carbocycles. The van der Waals surface area contributed by atoms with Crippen LogP contribution < -0.4 is 10.6 Å². The third kappa shape index (κ3) is 3.37. The van der Waals surface area contributed by atoms with E-state index in [1.807, 2.05) is 0 Å². The standard InChI is InChI=1S/C16H19F2N3O3/c1-15(2,3)19-12(22)8-21-13(23)16(4,20-14(21)24)10-7-9(17)5-6-11(10)18/h5-7H,8H2,1-4H3,(H,19,22)(H,20,24)/t16-/m1/s1. The molecule has 1 aliphatic heterocycles. The fourth-order valence-corrected chi connectivity index (χ4v) is 2.51. The molecule has 1 aromatic rings. The predicted octanol–water partition coefficient (Wildman–Crippen LogP) is 1.65. The van der Waals surface area contributed by atoms with Gasteiger partial charge >= 0.3 is 6.03 Å². The summed E-state index contributed by atoms with van der Waals surface area (Å²) in [7, 11) is 0. The van der Waals surface area contributed by atoms with E-state index in [-0.39, 0.29) is 5.56 Å². The Labute approximate surface area is 138 Å². The first-order chi connectivity index (χ1) is 10.9. The molecule has 0 radical (unpaired) electrons. The summed E-state index contributed by atoms with van der Waals surface area (Å²) in [6.07, 6.45) is 0. The fourth-order valence-electron chi connectivity index (χ4n) is 2.51. The molecule has 0 bridgehead atoms. The van der Waals surface area contributed by atoms with Gasteiger partial charge in [-0.05, 0) is 45.9 Å². The highest BCUT2D eigenvalue weighted by Crippen LogP contribution is 2.31. The van der Waals surface area contributed by atoms with E-state index in [4.69, 9.17) is 0 Å². The van der Waals surface area contributed by atoms with Gasteiger partial charge in [0.05, 0.1) is 0 Å². The van der Waals surface area contributed by atoms with E-state index < -0.39 is 47.1 Å². The molecule has 24 heavy (non-hydrogen) atoms. The van der Waals surface area contributed by atoms with E-state index in [9.17, 15) is 23.2 Å². The highest BCUT2D eigenvalue weighted by molar-refractivity contribution is 6.09. The molecule has 1 atom stereocenters. The molecule has 1 saturated heterocycles. The first kappa shape index (κ1) is 17.8. The number of imide groups is 1. The van der Waals surface area contributed by atoms with Crippen LogP contribution in [0.3, 0.4) is 0 Å². The lowest BCUT2D eigenvalue weighted by molar-refractivity contribution is -0.135. The molecule has 0 saturated carbocycles. The van der Waals surface area contributed by atoms with Gasteiger partial charge in [-0.25, -0.2) is 13.6 Å². The van der Waals surface area contributed by atoms with Gasteiger partial charge in [0.2, 0.25) is 5.91 Å². The molecule has 0 spiro atoms. The van der Waals surface area contributed by atoms with Gasteiger partial charge in [0.25, 0.3) is 5.91 Å².